The average Bonchev–Trinajstić information content (AvgIpc) is 2.98. The number of aryl methyl sites for hydroxylation is 2. The van der Waals surface area contributed by atoms with E-state index < -0.39 is 0 Å². The Hall–Kier alpha value is -1.34. The number of nitrogens with zero attached hydrogens (tertiary/aromatic N) is 4. The molecule has 23 heavy (non-hydrogen) atoms. The molecule has 0 saturated heterocycles. The van der Waals surface area contributed by atoms with E-state index in [1.807, 2.05) is 32.4 Å². The highest BCUT2D eigenvalue weighted by atomic mass is 79.9. The van der Waals surface area contributed by atoms with Crippen LogP contribution < -0.4 is 5.32 Å². The first-order valence-corrected chi connectivity index (χ1v) is 8.66. The van der Waals surface area contributed by atoms with E-state index in [9.17, 15) is 4.79 Å². The van der Waals surface area contributed by atoms with Crippen LogP contribution in [0.5, 0.6) is 0 Å². The number of nitrogens with one attached hydrogen (secondary N) is 1. The molecule has 1 unspecified atom stereocenters. The zero-order valence-electron chi connectivity index (χ0n) is 13.7. The smallest absolute Gasteiger partial charge is 0.244 e. The average molecular weight is 403 g/mol. The molecule has 6 nitrogen and oxygen atoms in total. The van der Waals surface area contributed by atoms with Crippen LogP contribution in [0.15, 0.2) is 10.7 Å². The minimum atomic E-state index is -0.343. The Balaban J connectivity index is 1.83. The summed E-state index contributed by atoms with van der Waals surface area (Å²) >= 11 is 9.52. The van der Waals surface area contributed by atoms with Crippen LogP contribution in [0.1, 0.15) is 36.5 Å². The molecule has 0 radical (unpaired) electrons. The molecule has 2 aromatic heterocycles. The Morgan fingerprint density at radius 2 is 2.09 bits per heavy atom. The summed E-state index contributed by atoms with van der Waals surface area (Å²) in [4.78, 5) is 12.2. The summed E-state index contributed by atoms with van der Waals surface area (Å²) in [5.74, 6) is -0.0462. The Labute approximate surface area is 149 Å². The van der Waals surface area contributed by atoms with Crippen LogP contribution in [0.25, 0.3) is 0 Å². The molecular formula is C15H21BrClN5O. The predicted molar refractivity (Wildman–Crippen MR) is 93.7 cm³/mol. The van der Waals surface area contributed by atoms with Crippen LogP contribution in [0.4, 0.5) is 0 Å². The van der Waals surface area contributed by atoms with Gasteiger partial charge in [-0.1, -0.05) is 11.6 Å². The van der Waals surface area contributed by atoms with Gasteiger partial charge in [0.1, 0.15) is 6.04 Å². The molecule has 0 spiro atoms. The van der Waals surface area contributed by atoms with Crippen LogP contribution in [-0.4, -0.2) is 32.0 Å². The molecule has 0 aromatic carbocycles. The minimum absolute atomic E-state index is 0.0462. The molecule has 2 heterocycles. The van der Waals surface area contributed by atoms with Crippen molar-refractivity contribution in [3.8, 4) is 0 Å². The first-order valence-electron chi connectivity index (χ1n) is 7.49. The Kier molecular flexibility index (Phi) is 5.86. The van der Waals surface area contributed by atoms with Crippen molar-refractivity contribution in [3.05, 3.63) is 32.8 Å². The van der Waals surface area contributed by atoms with Gasteiger partial charge in [-0.05, 0) is 50.0 Å². The summed E-state index contributed by atoms with van der Waals surface area (Å²) in [6.07, 6.45) is 2.49. The topological polar surface area (TPSA) is 64.7 Å². The van der Waals surface area contributed by atoms with E-state index in [1.165, 1.54) is 0 Å². The summed E-state index contributed by atoms with van der Waals surface area (Å²) < 4.78 is 4.49. The molecule has 0 bridgehead atoms. The van der Waals surface area contributed by atoms with Crippen molar-refractivity contribution >= 4 is 33.4 Å². The lowest BCUT2D eigenvalue weighted by molar-refractivity contribution is -0.124. The van der Waals surface area contributed by atoms with Gasteiger partial charge < -0.3 is 5.32 Å². The van der Waals surface area contributed by atoms with Crippen molar-refractivity contribution in [3.63, 3.8) is 0 Å². The third-order valence-corrected chi connectivity index (χ3v) is 5.20. The van der Waals surface area contributed by atoms with Crippen molar-refractivity contribution < 1.29 is 4.79 Å². The second kappa shape index (κ2) is 7.49. The van der Waals surface area contributed by atoms with Gasteiger partial charge in [0.25, 0.3) is 0 Å². The quantitative estimate of drug-likeness (QED) is 0.755. The molecule has 126 valence electrons. The minimum Gasteiger partial charge on any atom is -0.354 e. The maximum absolute atomic E-state index is 12.2. The summed E-state index contributed by atoms with van der Waals surface area (Å²) in [5.41, 5.74) is 2.73. The zero-order chi connectivity index (χ0) is 17.1. The Morgan fingerprint density at radius 3 is 2.61 bits per heavy atom. The highest BCUT2D eigenvalue weighted by Crippen LogP contribution is 2.19. The molecule has 1 amide bonds. The van der Waals surface area contributed by atoms with Gasteiger partial charge in [-0.15, -0.1) is 0 Å². The molecule has 1 atom stereocenters. The number of carbonyl (C=O) groups excluding carboxylic acids is 1. The van der Waals surface area contributed by atoms with Gasteiger partial charge in [-0.2, -0.15) is 10.2 Å². The highest BCUT2D eigenvalue weighted by molar-refractivity contribution is 9.10. The van der Waals surface area contributed by atoms with Crippen LogP contribution in [-0.2, 0) is 11.3 Å². The third kappa shape index (κ3) is 3.95. The Morgan fingerprint density at radius 1 is 1.39 bits per heavy atom. The fourth-order valence-electron chi connectivity index (χ4n) is 2.38. The molecule has 0 saturated carbocycles. The first-order chi connectivity index (χ1) is 10.8. The van der Waals surface area contributed by atoms with Gasteiger partial charge in [0.2, 0.25) is 5.91 Å². The molecule has 0 fully saturated rings. The lowest BCUT2D eigenvalue weighted by atomic mass is 10.3. The standard InChI is InChI=1S/C15H21BrClN5O/c1-9-14(17)11(3)21(20-9)7-5-6-18-15(23)12(4)22-10(2)13(16)8-19-22/h8,12H,5-7H2,1-4H3,(H,18,23). The fourth-order valence-corrected chi connectivity index (χ4v) is 2.79. The second-order valence-corrected chi connectivity index (χ2v) is 6.78. The SMILES string of the molecule is Cc1nn(CCCNC(=O)C(C)n2ncc(Br)c2C)c(C)c1Cl. The van der Waals surface area contributed by atoms with Crippen molar-refractivity contribution in [1.82, 2.24) is 24.9 Å². The van der Waals surface area contributed by atoms with Crippen molar-refractivity contribution in [1.29, 1.82) is 0 Å². The van der Waals surface area contributed by atoms with Gasteiger partial charge in [0, 0.05) is 13.1 Å². The van der Waals surface area contributed by atoms with Gasteiger partial charge in [0.15, 0.2) is 0 Å². The molecule has 8 heteroatoms. The highest BCUT2D eigenvalue weighted by Gasteiger charge is 2.18. The van der Waals surface area contributed by atoms with Crippen molar-refractivity contribution in [2.75, 3.05) is 6.54 Å². The number of amides is 1. The second-order valence-electron chi connectivity index (χ2n) is 5.55. The van der Waals surface area contributed by atoms with E-state index in [0.29, 0.717) is 11.6 Å². The van der Waals surface area contributed by atoms with Crippen LogP contribution in [0.3, 0.4) is 0 Å². The maximum atomic E-state index is 12.2. The monoisotopic (exact) mass is 401 g/mol. The molecule has 2 rings (SSSR count). The van der Waals surface area contributed by atoms with Gasteiger partial charge >= 0.3 is 0 Å². The number of rotatable bonds is 6. The lowest BCUT2D eigenvalue weighted by Gasteiger charge is -2.14. The van der Waals surface area contributed by atoms with Gasteiger partial charge in [-0.25, -0.2) is 0 Å². The van der Waals surface area contributed by atoms with Crippen LogP contribution in [0, 0.1) is 20.8 Å². The van der Waals surface area contributed by atoms with E-state index in [2.05, 4.69) is 31.4 Å². The predicted octanol–water partition coefficient (Wildman–Crippen LogP) is 3.19. The normalized spacial score (nSPS) is 12.4. The number of hydrogen-bond donors (Lipinski definition) is 1. The van der Waals surface area contributed by atoms with Gasteiger partial charge in [0.05, 0.1) is 32.8 Å². The number of halogens is 2. The maximum Gasteiger partial charge on any atom is 0.244 e. The number of aromatic nitrogens is 4. The van der Waals surface area contributed by atoms with E-state index >= 15 is 0 Å². The first kappa shape index (κ1) is 18.0. The summed E-state index contributed by atoms with van der Waals surface area (Å²) in [6.45, 7) is 8.90. The van der Waals surface area contributed by atoms with Crippen molar-refractivity contribution in [2.24, 2.45) is 0 Å². The van der Waals surface area contributed by atoms with Crippen LogP contribution >= 0.6 is 27.5 Å². The molecule has 0 aliphatic heterocycles. The molecule has 1 N–H and O–H groups in total. The largest absolute Gasteiger partial charge is 0.354 e. The summed E-state index contributed by atoms with van der Waals surface area (Å²) in [7, 11) is 0. The van der Waals surface area contributed by atoms with E-state index in [4.69, 9.17) is 11.6 Å². The summed E-state index contributed by atoms with van der Waals surface area (Å²) in [5, 5.41) is 12.2. The molecule has 0 aliphatic carbocycles. The molecular weight excluding hydrogens is 382 g/mol. The van der Waals surface area contributed by atoms with E-state index in [-0.39, 0.29) is 11.9 Å². The van der Waals surface area contributed by atoms with E-state index in [1.54, 1.807) is 10.9 Å². The molecule has 0 aliphatic rings. The number of carbonyl (C=O) groups is 1. The van der Waals surface area contributed by atoms with E-state index in [0.717, 1.165) is 34.5 Å². The van der Waals surface area contributed by atoms with Gasteiger partial charge in [-0.3, -0.25) is 14.2 Å². The van der Waals surface area contributed by atoms with Crippen LogP contribution in [0.2, 0.25) is 5.02 Å². The molecule has 2 aromatic rings. The zero-order valence-corrected chi connectivity index (χ0v) is 16.1. The van der Waals surface area contributed by atoms with Crippen molar-refractivity contribution in [2.45, 2.75) is 46.7 Å². The fraction of sp³-hybridized carbons (Fsp3) is 0.533. The Bertz CT molecular complexity index is 709. The number of hydrogen-bond acceptors (Lipinski definition) is 3. The summed E-state index contributed by atoms with van der Waals surface area (Å²) in [6, 6.07) is -0.343. The third-order valence-electron chi connectivity index (χ3n) is 3.87. The lowest BCUT2D eigenvalue weighted by Crippen LogP contribution is -2.33.